The van der Waals surface area contributed by atoms with Crippen molar-refractivity contribution in [2.45, 2.75) is 243 Å². The average Bonchev–Trinajstić information content (AvgIpc) is 2.51. The van der Waals surface area contributed by atoms with E-state index in [-0.39, 0.29) is 24.4 Å². The van der Waals surface area contributed by atoms with E-state index in [0.717, 1.165) is 108 Å². The van der Waals surface area contributed by atoms with Crippen LogP contribution < -0.4 is 9.47 Å². The lowest BCUT2D eigenvalue weighted by Crippen LogP contribution is -2.36. The molecule has 2 aromatic rings. The van der Waals surface area contributed by atoms with Gasteiger partial charge in [-0.2, -0.15) is 0 Å². The number of phenols is 1. The van der Waals surface area contributed by atoms with Gasteiger partial charge in [0.1, 0.15) is 34.3 Å². The van der Waals surface area contributed by atoms with Crippen LogP contribution in [0, 0.1) is 55.2 Å². The van der Waals surface area contributed by atoms with Gasteiger partial charge in [0.05, 0.1) is 0 Å². The maximum Gasteiger partial charge on any atom is 0.126 e. The first-order valence-electron chi connectivity index (χ1n) is 28.4. The number of hydrogen-bond acceptors (Lipinski definition) is 5. The Balaban J connectivity index is 0.000000629. The van der Waals surface area contributed by atoms with E-state index < -0.39 is 0 Å². The molecule has 0 radical (unpaired) electrons. The summed E-state index contributed by atoms with van der Waals surface area (Å²) >= 11 is 9.55. The summed E-state index contributed by atoms with van der Waals surface area (Å²) < 4.78 is 26.5. The minimum atomic E-state index is -0.142. The van der Waals surface area contributed by atoms with Crippen molar-refractivity contribution in [3.8, 4) is 17.2 Å². The van der Waals surface area contributed by atoms with Crippen LogP contribution >= 0.6 is 0 Å². The molecule has 2 aliphatic heterocycles. The van der Waals surface area contributed by atoms with Gasteiger partial charge >= 0.3 is 0 Å². The van der Waals surface area contributed by atoms with Crippen LogP contribution in [0.15, 0.2) is 24.3 Å². The van der Waals surface area contributed by atoms with E-state index in [9.17, 15) is 9.50 Å². The van der Waals surface area contributed by atoms with Crippen molar-refractivity contribution >= 4 is 227 Å². The van der Waals surface area contributed by atoms with E-state index in [1.807, 2.05) is 88.1 Å². The number of aromatic hydroxyl groups is 1. The van der Waals surface area contributed by atoms with E-state index in [1.165, 1.54) is 120 Å². The highest BCUT2D eigenvalue weighted by molar-refractivity contribution is 8.79. The van der Waals surface area contributed by atoms with Gasteiger partial charge in [-0.3, -0.25) is 0 Å². The number of ether oxygens (including phenoxy) is 2. The maximum absolute atomic E-state index is 13.6. The molecular weight excluding hydrogens is 1530 g/mol. The Bertz CT molecular complexity index is 3170. The first kappa shape index (κ1) is 85.3. The Labute approximate surface area is 584 Å². The lowest BCUT2D eigenvalue weighted by molar-refractivity contribution is 0.0511. The molecule has 4 rings (SSSR count). The number of benzene rings is 2. The molecule has 0 saturated heterocycles. The predicted octanol–water partition coefficient (Wildman–Crippen LogP) is 17.5. The van der Waals surface area contributed by atoms with Crippen LogP contribution in [0.4, 0.5) is 4.39 Å². The zero-order valence-corrected chi connectivity index (χ0v) is 70.6. The Hall–Kier alpha value is 3.27. The molecule has 0 fully saturated rings. The second-order valence-electron chi connectivity index (χ2n) is 22.8. The zero-order valence-electron chi connectivity index (χ0n) is 50.2. The van der Waals surface area contributed by atoms with E-state index in [4.69, 9.17) is 31.8 Å². The predicted molar refractivity (Wildman–Crippen MR) is 439 cm³/mol. The summed E-state index contributed by atoms with van der Waals surface area (Å²) in [5, 5.41) is 9.82. The van der Waals surface area contributed by atoms with Crippen LogP contribution in [-0.4, -0.2) is 16.3 Å². The molecule has 0 saturated carbocycles. The Morgan fingerprint density at radius 3 is 1.01 bits per heavy atom. The van der Waals surface area contributed by atoms with Gasteiger partial charge in [-0.1, -0.05) is 153 Å². The molecule has 29 heteroatoms. The quantitative estimate of drug-likeness (QED) is 0.113. The van der Waals surface area contributed by atoms with E-state index in [0.29, 0.717) is 5.75 Å². The van der Waals surface area contributed by atoms with Gasteiger partial charge in [-0.25, -0.2) is 4.39 Å². The topological polar surface area (TPSA) is 38.7 Å². The number of fused-ring (bicyclic) bond motifs is 2. The summed E-state index contributed by atoms with van der Waals surface area (Å²) in [5.41, 5.74) is 4.04. The average molecular weight is 1620 g/mol. The lowest BCUT2D eigenvalue weighted by atomic mass is 9.85. The number of aryl methyl sites for hydroxylation is 4. The molecule has 0 bridgehead atoms. The van der Waals surface area contributed by atoms with Gasteiger partial charge in [0.15, 0.2) is 0 Å². The SMILES string of the molecule is C.Cc1cc(O)cc2c1O[C@](C)(CCC[C@H](C)CCC[C@H](C)CCCC(C)C)CC2.Cc1cc([18F])cc2c1O[C@](C)(CCC[C@H](C)CCC[C@H](C)CCCC(C)C)CC2.S=S=S=S=S=S=S=S=S=S=S=S=S=S=S=S=S=S=S=S=S=S=S=S=S. The maximum atomic E-state index is 13.6. The molecule has 6 atom stereocenters. The summed E-state index contributed by atoms with van der Waals surface area (Å²) in [6.07, 6.45) is 27.9. The van der Waals surface area contributed by atoms with Crippen LogP contribution in [0.3, 0.4) is 0 Å². The number of rotatable bonds is 24. The molecule has 490 valence electrons. The third kappa shape index (κ3) is 44.0. The molecule has 0 unspecified atom stereocenters. The highest BCUT2D eigenvalue weighted by atomic mass is 33.5. The van der Waals surface area contributed by atoms with Crippen LogP contribution in [-0.2, 0) is 239 Å². The Morgan fingerprint density at radius 2 is 0.702 bits per heavy atom. The van der Waals surface area contributed by atoms with E-state index in [2.05, 4.69) is 69.2 Å². The highest BCUT2D eigenvalue weighted by Gasteiger charge is 2.33. The summed E-state index contributed by atoms with van der Waals surface area (Å²) in [7, 11) is 40.0. The number of halogens is 1. The molecule has 1 N–H and O–H groups in total. The minimum absolute atomic E-state index is 0. The largest absolute Gasteiger partial charge is 0.508 e. The fourth-order valence-corrected chi connectivity index (χ4v) is 67.5. The smallest absolute Gasteiger partial charge is 0.126 e. The van der Waals surface area contributed by atoms with E-state index >= 15 is 0 Å². The summed E-state index contributed by atoms with van der Waals surface area (Å²) in [6, 6.07) is 6.93. The van der Waals surface area contributed by atoms with Crippen molar-refractivity contribution < 1.29 is 19.0 Å². The third-order valence-electron chi connectivity index (χ3n) is 14.4. The van der Waals surface area contributed by atoms with Crippen molar-refractivity contribution in [3.05, 3.63) is 52.3 Å². The normalized spacial score (nSPS) is 16.7. The van der Waals surface area contributed by atoms with Crippen LogP contribution in [0.1, 0.15) is 227 Å². The molecule has 2 aliphatic rings. The van der Waals surface area contributed by atoms with Crippen LogP contribution in [0.5, 0.6) is 17.2 Å². The minimum Gasteiger partial charge on any atom is -0.508 e. The Morgan fingerprint density at radius 1 is 0.429 bits per heavy atom. The van der Waals surface area contributed by atoms with Gasteiger partial charge in [-0.15, -0.1) is 0 Å². The molecule has 84 heavy (non-hydrogen) atoms. The van der Waals surface area contributed by atoms with Crippen molar-refractivity contribution in [3.63, 3.8) is 0 Å². The van der Waals surface area contributed by atoms with Crippen LogP contribution in [0.25, 0.3) is 0 Å². The molecular formula is C55H95FO3S25. The second kappa shape index (κ2) is 53.5. The molecule has 0 aromatic heterocycles. The van der Waals surface area contributed by atoms with Gasteiger partial charge in [0.25, 0.3) is 0 Å². The molecule has 0 spiro atoms. The molecule has 3 nitrogen and oxygen atoms in total. The van der Waals surface area contributed by atoms with Crippen molar-refractivity contribution in [2.24, 2.45) is 35.5 Å². The summed E-state index contributed by atoms with van der Waals surface area (Å²) in [5.74, 6) is 7.23. The fourth-order valence-electron chi connectivity index (χ4n) is 9.88. The number of hydrogen-bond donors (Lipinski definition) is 1. The fraction of sp³-hybridized carbons (Fsp3) is 0.782. The summed E-state index contributed by atoms with van der Waals surface area (Å²) in [6.45, 7) is 27.5. The molecule has 0 aliphatic carbocycles. The summed E-state index contributed by atoms with van der Waals surface area (Å²) in [4.78, 5) is 0. The zero-order chi connectivity index (χ0) is 61.1. The molecule has 2 heterocycles. The van der Waals surface area contributed by atoms with E-state index in [1.54, 1.807) is 136 Å². The number of phenolic OH excluding ortho intramolecular Hbond substituents is 1. The lowest BCUT2D eigenvalue weighted by Gasteiger charge is -2.37. The molecule has 0 amide bonds. The van der Waals surface area contributed by atoms with Gasteiger partial charge in [-0.05, 0) is 161 Å². The first-order chi connectivity index (χ1) is 39.8. The van der Waals surface area contributed by atoms with Gasteiger partial charge in [0.2, 0.25) is 0 Å². The van der Waals surface area contributed by atoms with Crippen molar-refractivity contribution in [1.29, 1.82) is 0 Å². The Kier molecular flexibility index (Phi) is 54.3. The standard InChI is InChI=1S/C27H45FO.C27H46O2.CH4.S25/c2*1-20(2)10-7-11-21(3)12-8-13-22(4)14-9-16-27(6)17-15-24-19-25(28)18-23(5)26(24)29-27;;1-3-5-7-9-11-13-15-17-19-21-23-25-24-22-20-18-16-14-12-10-8-6-4-2/h18-22H,7-17H2,1-6H3;18-22,28H,7-17H2,1-6H3;1H4;/t2*21-,22-,27-;;/m11../s1/i28-1;;;. The van der Waals surface area contributed by atoms with Crippen molar-refractivity contribution in [1.82, 2.24) is 0 Å². The monoisotopic (exact) mass is 1620 g/mol. The van der Waals surface area contributed by atoms with Crippen molar-refractivity contribution in [2.75, 3.05) is 0 Å². The highest BCUT2D eigenvalue weighted by Crippen LogP contribution is 2.41. The first-order valence-corrected chi connectivity index (χ1v) is 60.4. The van der Waals surface area contributed by atoms with Crippen LogP contribution in [0.2, 0.25) is 0 Å². The third-order valence-corrected chi connectivity index (χ3v) is 63.2. The second-order valence-corrected chi connectivity index (χ2v) is 63.5. The van der Waals surface area contributed by atoms with Gasteiger partial charge in [0, 0.05) is 227 Å². The molecule has 2 aromatic carbocycles. The van der Waals surface area contributed by atoms with Gasteiger partial charge < -0.3 is 14.6 Å².